The predicted octanol–water partition coefficient (Wildman–Crippen LogP) is 2.89. The van der Waals surface area contributed by atoms with Gasteiger partial charge in [-0.15, -0.1) is 0 Å². The number of benzene rings is 1. The van der Waals surface area contributed by atoms with E-state index in [-0.39, 0.29) is 22.1 Å². The second-order valence-electron chi connectivity index (χ2n) is 5.88. The van der Waals surface area contributed by atoms with Crippen molar-refractivity contribution in [2.75, 3.05) is 7.05 Å². The molecule has 20 heavy (non-hydrogen) atoms. The molecule has 1 spiro atoms. The molecule has 2 unspecified atom stereocenters. The fourth-order valence-electron chi connectivity index (χ4n) is 3.86. The Hall–Kier alpha value is -1.62. The lowest BCUT2D eigenvalue weighted by molar-refractivity contribution is -0.385. The average Bonchev–Trinajstić information content (AvgIpc) is 2.95. The minimum Gasteiger partial charge on any atom is -0.489 e. The van der Waals surface area contributed by atoms with Gasteiger partial charge in [0, 0.05) is 23.9 Å². The Kier molecular flexibility index (Phi) is 3.38. The van der Waals surface area contributed by atoms with Gasteiger partial charge >= 0.3 is 0 Å². The number of nitro benzene ring substituents is 1. The monoisotopic (exact) mass is 276 g/mol. The van der Waals surface area contributed by atoms with Gasteiger partial charge < -0.3 is 10.1 Å². The smallest absolute Gasteiger partial charge is 0.273 e. The number of hydrogen-bond acceptors (Lipinski definition) is 4. The lowest BCUT2D eigenvalue weighted by atomic mass is 9.60. The Balaban J connectivity index is 1.75. The number of non-ortho nitro benzene ring substituents is 1. The summed E-state index contributed by atoms with van der Waals surface area (Å²) in [6.45, 7) is 0. The molecule has 0 saturated heterocycles. The fourth-order valence-corrected chi connectivity index (χ4v) is 3.86. The van der Waals surface area contributed by atoms with Gasteiger partial charge in [0.2, 0.25) is 0 Å². The lowest BCUT2D eigenvalue weighted by Gasteiger charge is -2.53. The molecule has 2 atom stereocenters. The number of nitro groups is 1. The molecule has 2 aliphatic rings. The first-order chi connectivity index (χ1) is 9.65. The molecular weight excluding hydrogens is 256 g/mol. The highest BCUT2D eigenvalue weighted by atomic mass is 16.6. The van der Waals surface area contributed by atoms with E-state index in [0.717, 1.165) is 6.42 Å². The van der Waals surface area contributed by atoms with Crippen molar-refractivity contribution in [1.82, 2.24) is 5.32 Å². The number of nitrogens with zero attached hydrogens (tertiary/aromatic N) is 1. The summed E-state index contributed by atoms with van der Waals surface area (Å²) in [5, 5.41) is 14.2. The largest absolute Gasteiger partial charge is 0.489 e. The first kappa shape index (κ1) is 13.4. The highest BCUT2D eigenvalue weighted by Gasteiger charge is 2.57. The third kappa shape index (κ3) is 2.06. The molecule has 0 heterocycles. The first-order valence-electron chi connectivity index (χ1n) is 7.24. The molecule has 5 heteroatoms. The maximum absolute atomic E-state index is 10.8. The van der Waals surface area contributed by atoms with Crippen molar-refractivity contribution < 1.29 is 9.66 Å². The lowest BCUT2D eigenvalue weighted by Crippen LogP contribution is -2.63. The van der Waals surface area contributed by atoms with Crippen LogP contribution in [-0.4, -0.2) is 24.1 Å². The van der Waals surface area contributed by atoms with E-state index in [2.05, 4.69) is 5.32 Å². The summed E-state index contributed by atoms with van der Waals surface area (Å²) in [5.74, 6) is 0.616. The van der Waals surface area contributed by atoms with Crippen LogP contribution in [0.5, 0.6) is 5.75 Å². The summed E-state index contributed by atoms with van der Waals surface area (Å²) in [5.41, 5.74) is 0.326. The third-order valence-corrected chi connectivity index (χ3v) is 4.97. The van der Waals surface area contributed by atoms with Crippen molar-refractivity contribution in [1.29, 1.82) is 0 Å². The molecule has 1 aromatic rings. The van der Waals surface area contributed by atoms with Gasteiger partial charge in [0.05, 0.1) is 11.0 Å². The van der Waals surface area contributed by atoms with Crippen LogP contribution in [0.15, 0.2) is 24.3 Å². The highest BCUT2D eigenvalue weighted by Crippen LogP contribution is 2.54. The van der Waals surface area contributed by atoms with E-state index in [4.69, 9.17) is 4.74 Å². The molecular formula is C15H20N2O3. The molecule has 108 valence electrons. The van der Waals surface area contributed by atoms with Crippen LogP contribution in [0.2, 0.25) is 0 Å². The SMILES string of the molecule is CNC1CC(Oc2cccc([N+](=O)[O-])c2)C12CCCC2. The predicted molar refractivity (Wildman–Crippen MR) is 75.9 cm³/mol. The summed E-state index contributed by atoms with van der Waals surface area (Å²) < 4.78 is 6.07. The maximum atomic E-state index is 10.8. The van der Waals surface area contributed by atoms with Crippen LogP contribution in [0, 0.1) is 15.5 Å². The fraction of sp³-hybridized carbons (Fsp3) is 0.600. The van der Waals surface area contributed by atoms with Gasteiger partial charge in [-0.2, -0.15) is 0 Å². The molecule has 1 aromatic carbocycles. The Morgan fingerprint density at radius 2 is 2.15 bits per heavy atom. The van der Waals surface area contributed by atoms with E-state index < -0.39 is 0 Å². The Morgan fingerprint density at radius 1 is 1.40 bits per heavy atom. The topological polar surface area (TPSA) is 64.4 Å². The van der Waals surface area contributed by atoms with Crippen molar-refractivity contribution in [2.24, 2.45) is 5.41 Å². The molecule has 3 rings (SSSR count). The van der Waals surface area contributed by atoms with E-state index in [0.29, 0.717) is 11.8 Å². The second kappa shape index (κ2) is 5.05. The van der Waals surface area contributed by atoms with Gasteiger partial charge in [-0.3, -0.25) is 10.1 Å². The van der Waals surface area contributed by atoms with Crippen LogP contribution in [0.25, 0.3) is 0 Å². The molecule has 2 saturated carbocycles. The Labute approximate surface area is 118 Å². The average molecular weight is 276 g/mol. The summed E-state index contributed by atoms with van der Waals surface area (Å²) in [4.78, 5) is 10.4. The summed E-state index contributed by atoms with van der Waals surface area (Å²) in [6.07, 6.45) is 6.07. The number of ether oxygens (including phenoxy) is 1. The first-order valence-corrected chi connectivity index (χ1v) is 7.24. The second-order valence-corrected chi connectivity index (χ2v) is 5.88. The van der Waals surface area contributed by atoms with Gasteiger partial charge in [-0.1, -0.05) is 18.9 Å². The summed E-state index contributed by atoms with van der Waals surface area (Å²) in [7, 11) is 2.01. The number of hydrogen-bond donors (Lipinski definition) is 1. The normalized spacial score (nSPS) is 27.2. The van der Waals surface area contributed by atoms with Crippen LogP contribution in [-0.2, 0) is 0 Å². The highest BCUT2D eigenvalue weighted by molar-refractivity contribution is 5.38. The van der Waals surface area contributed by atoms with Gasteiger partial charge in [0.15, 0.2) is 0 Å². The molecule has 0 aliphatic heterocycles. The molecule has 0 aromatic heterocycles. The van der Waals surface area contributed by atoms with Gasteiger partial charge in [0.25, 0.3) is 5.69 Å². The van der Waals surface area contributed by atoms with Crippen LogP contribution in [0.1, 0.15) is 32.1 Å². The van der Waals surface area contributed by atoms with Crippen molar-refractivity contribution >= 4 is 5.69 Å². The molecule has 0 radical (unpaired) electrons. The summed E-state index contributed by atoms with van der Waals surface area (Å²) >= 11 is 0. The van der Waals surface area contributed by atoms with Crippen LogP contribution in [0.4, 0.5) is 5.69 Å². The van der Waals surface area contributed by atoms with Crippen molar-refractivity contribution in [2.45, 2.75) is 44.2 Å². The number of nitrogens with one attached hydrogen (secondary N) is 1. The molecule has 1 N–H and O–H groups in total. The standard InChI is InChI=1S/C15H20N2O3/c1-16-13-10-14(15(13)7-2-3-8-15)20-12-6-4-5-11(9-12)17(18)19/h4-6,9,13-14,16H,2-3,7-8,10H2,1H3. The van der Waals surface area contributed by atoms with E-state index in [1.807, 2.05) is 13.1 Å². The zero-order valence-corrected chi connectivity index (χ0v) is 11.7. The van der Waals surface area contributed by atoms with Gasteiger partial charge in [0.1, 0.15) is 11.9 Å². The van der Waals surface area contributed by atoms with Crippen LogP contribution < -0.4 is 10.1 Å². The van der Waals surface area contributed by atoms with Gasteiger partial charge in [-0.25, -0.2) is 0 Å². The number of rotatable bonds is 4. The molecule has 2 fully saturated rings. The maximum Gasteiger partial charge on any atom is 0.273 e. The van der Waals surface area contributed by atoms with E-state index in [9.17, 15) is 10.1 Å². The quantitative estimate of drug-likeness (QED) is 0.678. The van der Waals surface area contributed by atoms with Crippen LogP contribution >= 0.6 is 0 Å². The van der Waals surface area contributed by atoms with E-state index in [1.165, 1.54) is 37.8 Å². The summed E-state index contributed by atoms with van der Waals surface area (Å²) in [6, 6.07) is 7.03. The molecule has 0 bridgehead atoms. The van der Waals surface area contributed by atoms with Crippen LogP contribution in [0.3, 0.4) is 0 Å². The Morgan fingerprint density at radius 3 is 2.80 bits per heavy atom. The zero-order valence-electron chi connectivity index (χ0n) is 11.7. The Bertz CT molecular complexity index is 512. The minimum absolute atomic E-state index is 0.0902. The molecule has 0 amide bonds. The van der Waals surface area contributed by atoms with E-state index >= 15 is 0 Å². The van der Waals surface area contributed by atoms with Crippen molar-refractivity contribution in [3.05, 3.63) is 34.4 Å². The zero-order chi connectivity index (χ0) is 14.2. The third-order valence-electron chi connectivity index (χ3n) is 4.97. The van der Waals surface area contributed by atoms with Gasteiger partial charge in [-0.05, 0) is 26.0 Å². The van der Waals surface area contributed by atoms with Crippen molar-refractivity contribution in [3.63, 3.8) is 0 Å². The minimum atomic E-state index is -0.380. The molecule has 5 nitrogen and oxygen atoms in total. The molecule has 2 aliphatic carbocycles. The van der Waals surface area contributed by atoms with E-state index in [1.54, 1.807) is 6.07 Å². The van der Waals surface area contributed by atoms with Crippen molar-refractivity contribution in [3.8, 4) is 5.75 Å².